The molecule has 1 fully saturated rings. The lowest BCUT2D eigenvalue weighted by Gasteiger charge is -2.15. The first-order chi connectivity index (χ1) is 15.3. The number of hydrogen-bond donors (Lipinski definition) is 2. The molecule has 2 heterocycles. The molecule has 0 aliphatic heterocycles. The van der Waals surface area contributed by atoms with Crippen molar-refractivity contribution in [1.82, 2.24) is 14.7 Å². The molecule has 5 rings (SSSR count). The molecule has 2 aromatic heterocycles. The second-order valence-electron chi connectivity index (χ2n) is 7.99. The summed E-state index contributed by atoms with van der Waals surface area (Å²) >= 11 is 1.65. The van der Waals surface area contributed by atoms with Crippen LogP contribution in [0.4, 0.5) is 5.69 Å². The van der Waals surface area contributed by atoms with Gasteiger partial charge in [-0.15, -0.1) is 0 Å². The van der Waals surface area contributed by atoms with E-state index in [1.807, 2.05) is 12.3 Å². The molecule has 0 unspecified atom stereocenters. The van der Waals surface area contributed by atoms with Crippen LogP contribution in [-0.2, 0) is 6.54 Å². The van der Waals surface area contributed by atoms with E-state index in [9.17, 15) is 0 Å². The van der Waals surface area contributed by atoms with Crippen LogP contribution in [0.25, 0.3) is 22.3 Å². The number of benzene rings is 2. The van der Waals surface area contributed by atoms with Crippen LogP contribution in [0.2, 0.25) is 0 Å². The second-order valence-corrected chi connectivity index (χ2v) is 8.95. The maximum atomic E-state index is 5.00. The molecule has 0 bridgehead atoms. The first kappa shape index (κ1) is 20.0. The Bertz CT molecular complexity index is 1160. The maximum absolute atomic E-state index is 5.00. The van der Waals surface area contributed by atoms with Gasteiger partial charge in [0.25, 0.3) is 0 Å². The van der Waals surface area contributed by atoms with Gasteiger partial charge in [0.15, 0.2) is 0 Å². The van der Waals surface area contributed by atoms with Crippen molar-refractivity contribution in [2.75, 3.05) is 5.32 Å². The fourth-order valence-electron chi connectivity index (χ4n) is 4.11. The minimum Gasteiger partial charge on any atom is -0.380 e. The first-order valence-corrected chi connectivity index (χ1v) is 11.7. The van der Waals surface area contributed by atoms with Crippen molar-refractivity contribution >= 4 is 28.7 Å². The first-order valence-electron chi connectivity index (χ1n) is 10.9. The SMILES string of the molecule is c1ccc(CNSc2cccc(-c3ccc4nccc(NC5CCCC5)c4n3)c2)cc1. The van der Waals surface area contributed by atoms with Gasteiger partial charge in [0.1, 0.15) is 5.52 Å². The quantitative estimate of drug-likeness (QED) is 0.333. The van der Waals surface area contributed by atoms with Crippen molar-refractivity contribution in [3.63, 3.8) is 0 Å². The summed E-state index contributed by atoms with van der Waals surface area (Å²) in [4.78, 5) is 10.7. The topological polar surface area (TPSA) is 49.8 Å². The van der Waals surface area contributed by atoms with Crippen LogP contribution in [0, 0.1) is 0 Å². The fourth-order valence-corrected chi connectivity index (χ4v) is 4.85. The molecule has 0 atom stereocenters. The van der Waals surface area contributed by atoms with E-state index >= 15 is 0 Å². The van der Waals surface area contributed by atoms with Gasteiger partial charge in [-0.05, 0) is 60.7 Å². The average Bonchev–Trinajstić information content (AvgIpc) is 3.33. The van der Waals surface area contributed by atoms with E-state index in [1.54, 1.807) is 11.9 Å². The molecule has 0 radical (unpaired) electrons. The molecular weight excluding hydrogens is 400 g/mol. The third-order valence-corrected chi connectivity index (χ3v) is 6.52. The van der Waals surface area contributed by atoms with Gasteiger partial charge in [-0.1, -0.05) is 55.3 Å². The minimum absolute atomic E-state index is 0.548. The van der Waals surface area contributed by atoms with Gasteiger partial charge in [-0.3, -0.25) is 9.71 Å². The molecule has 31 heavy (non-hydrogen) atoms. The molecule has 1 saturated carbocycles. The van der Waals surface area contributed by atoms with Crippen molar-refractivity contribution in [3.05, 3.63) is 84.6 Å². The van der Waals surface area contributed by atoms with Gasteiger partial charge in [-0.25, -0.2) is 4.98 Å². The van der Waals surface area contributed by atoms with Crippen LogP contribution in [0.15, 0.2) is 83.9 Å². The third kappa shape index (κ3) is 4.89. The molecule has 2 N–H and O–H groups in total. The zero-order chi connectivity index (χ0) is 20.9. The summed E-state index contributed by atoms with van der Waals surface area (Å²) in [5, 5.41) is 3.70. The van der Waals surface area contributed by atoms with Gasteiger partial charge < -0.3 is 5.32 Å². The lowest BCUT2D eigenvalue weighted by Crippen LogP contribution is -2.15. The van der Waals surface area contributed by atoms with Crippen molar-refractivity contribution in [3.8, 4) is 11.3 Å². The summed E-state index contributed by atoms with van der Waals surface area (Å²) in [6.07, 6.45) is 6.96. The molecule has 0 amide bonds. The van der Waals surface area contributed by atoms with E-state index in [4.69, 9.17) is 4.98 Å². The Morgan fingerprint density at radius 1 is 0.903 bits per heavy atom. The minimum atomic E-state index is 0.548. The number of anilines is 1. The number of hydrogen-bond acceptors (Lipinski definition) is 5. The largest absolute Gasteiger partial charge is 0.380 e. The van der Waals surface area contributed by atoms with Crippen LogP contribution in [-0.4, -0.2) is 16.0 Å². The summed E-state index contributed by atoms with van der Waals surface area (Å²) < 4.78 is 3.45. The second kappa shape index (κ2) is 9.50. The maximum Gasteiger partial charge on any atom is 0.112 e. The zero-order valence-electron chi connectivity index (χ0n) is 17.4. The van der Waals surface area contributed by atoms with Crippen LogP contribution < -0.4 is 10.0 Å². The molecule has 156 valence electrons. The summed E-state index contributed by atoms with van der Waals surface area (Å²) in [5.41, 5.74) is 6.34. The number of rotatable bonds is 7. The van der Waals surface area contributed by atoms with Gasteiger partial charge in [-0.2, -0.15) is 0 Å². The van der Waals surface area contributed by atoms with Gasteiger partial charge in [0.2, 0.25) is 0 Å². The van der Waals surface area contributed by atoms with E-state index in [1.165, 1.54) is 36.1 Å². The molecule has 0 saturated heterocycles. The van der Waals surface area contributed by atoms with Gasteiger partial charge in [0, 0.05) is 29.2 Å². The fraction of sp³-hybridized carbons (Fsp3) is 0.231. The Labute approximate surface area is 187 Å². The molecular formula is C26H26N4S. The highest BCUT2D eigenvalue weighted by atomic mass is 32.2. The van der Waals surface area contributed by atoms with E-state index < -0.39 is 0 Å². The Hall–Kier alpha value is -2.89. The highest BCUT2D eigenvalue weighted by Crippen LogP contribution is 2.29. The van der Waals surface area contributed by atoms with Gasteiger partial charge in [0.05, 0.1) is 16.9 Å². The van der Waals surface area contributed by atoms with E-state index in [0.29, 0.717) is 6.04 Å². The van der Waals surface area contributed by atoms with Crippen LogP contribution in [0.1, 0.15) is 31.2 Å². The lowest BCUT2D eigenvalue weighted by molar-refractivity contribution is 0.756. The molecule has 0 spiro atoms. The highest BCUT2D eigenvalue weighted by molar-refractivity contribution is 7.97. The summed E-state index contributed by atoms with van der Waals surface area (Å²) in [6.45, 7) is 0.825. The van der Waals surface area contributed by atoms with Crippen LogP contribution >= 0.6 is 11.9 Å². The van der Waals surface area contributed by atoms with Crippen LogP contribution in [0.5, 0.6) is 0 Å². The molecule has 1 aliphatic rings. The summed E-state index contributed by atoms with van der Waals surface area (Å²) in [5.74, 6) is 0. The smallest absolute Gasteiger partial charge is 0.112 e. The van der Waals surface area contributed by atoms with E-state index in [2.05, 4.69) is 81.8 Å². The predicted octanol–water partition coefficient (Wildman–Crippen LogP) is 6.45. The number of nitrogens with zero attached hydrogens (tertiary/aromatic N) is 2. The molecule has 2 aromatic carbocycles. The lowest BCUT2D eigenvalue weighted by atomic mass is 10.1. The Morgan fingerprint density at radius 3 is 2.65 bits per heavy atom. The average molecular weight is 427 g/mol. The number of aromatic nitrogens is 2. The zero-order valence-corrected chi connectivity index (χ0v) is 18.2. The van der Waals surface area contributed by atoms with Crippen molar-refractivity contribution in [2.24, 2.45) is 0 Å². The number of nitrogens with one attached hydrogen (secondary N) is 2. The Kier molecular flexibility index (Phi) is 6.14. The highest BCUT2D eigenvalue weighted by Gasteiger charge is 2.16. The summed E-state index contributed by atoms with van der Waals surface area (Å²) in [7, 11) is 0. The third-order valence-electron chi connectivity index (χ3n) is 5.74. The monoisotopic (exact) mass is 426 g/mol. The van der Waals surface area contributed by atoms with E-state index in [0.717, 1.165) is 34.5 Å². The molecule has 4 aromatic rings. The molecule has 5 heteroatoms. The van der Waals surface area contributed by atoms with Crippen LogP contribution in [0.3, 0.4) is 0 Å². The number of fused-ring (bicyclic) bond motifs is 1. The molecule has 1 aliphatic carbocycles. The van der Waals surface area contributed by atoms with Crippen molar-refractivity contribution < 1.29 is 0 Å². The van der Waals surface area contributed by atoms with E-state index in [-0.39, 0.29) is 0 Å². The van der Waals surface area contributed by atoms with Crippen molar-refractivity contribution in [2.45, 2.75) is 43.2 Å². The van der Waals surface area contributed by atoms with Gasteiger partial charge >= 0.3 is 0 Å². The Balaban J connectivity index is 1.35. The predicted molar refractivity (Wildman–Crippen MR) is 130 cm³/mol. The van der Waals surface area contributed by atoms with Crippen molar-refractivity contribution in [1.29, 1.82) is 0 Å². The normalized spacial score (nSPS) is 14.2. The standard InChI is InChI=1S/C26H26N4S/c1-2-7-19(8-3-1)18-28-31-22-12-6-9-20(17-22)23-13-14-24-26(30-23)25(15-16-27-24)29-21-10-4-5-11-21/h1-3,6-9,12-17,21,28H,4-5,10-11,18H2,(H,27,29). The Morgan fingerprint density at radius 2 is 1.77 bits per heavy atom. The summed E-state index contributed by atoms with van der Waals surface area (Å²) in [6, 6.07) is 25.7. The number of pyridine rings is 2. The molecule has 4 nitrogen and oxygen atoms in total.